The Morgan fingerprint density at radius 1 is 1.35 bits per heavy atom. The Hall–Kier alpha value is -1.16. The third kappa shape index (κ3) is 8.86. The summed E-state index contributed by atoms with van der Waals surface area (Å²) in [6.45, 7) is 5.49. The molecule has 0 aromatic carbocycles. The number of carbonyl (C=O) groups excluding carboxylic acids is 1. The van der Waals surface area contributed by atoms with Crippen LogP contribution < -0.4 is 5.73 Å². The summed E-state index contributed by atoms with van der Waals surface area (Å²) in [4.78, 5) is 12.8. The molecule has 0 bridgehead atoms. The highest BCUT2D eigenvalue weighted by molar-refractivity contribution is 5.74. The summed E-state index contributed by atoms with van der Waals surface area (Å²) in [5, 5.41) is 0. The van der Waals surface area contributed by atoms with Gasteiger partial charge in [-0.3, -0.25) is 4.79 Å². The summed E-state index contributed by atoms with van der Waals surface area (Å²) in [5.74, 6) is -0.264. The van der Waals surface area contributed by atoms with Gasteiger partial charge in [0, 0.05) is 19.8 Å². The third-order valence-electron chi connectivity index (χ3n) is 3.31. The van der Waals surface area contributed by atoms with Gasteiger partial charge in [0.15, 0.2) is 0 Å². The molecule has 0 radical (unpaired) electrons. The van der Waals surface area contributed by atoms with E-state index in [4.69, 9.17) is 5.73 Å². The fourth-order valence-corrected chi connectivity index (χ4v) is 1.95. The van der Waals surface area contributed by atoms with Gasteiger partial charge < -0.3 is 10.6 Å². The second-order valence-electron chi connectivity index (χ2n) is 5.30. The highest BCUT2D eigenvalue weighted by Gasteiger charge is 2.08. The number of nitrogens with two attached hydrogens (primary N) is 1. The van der Waals surface area contributed by atoms with Gasteiger partial charge in [-0.05, 0) is 43.4 Å². The fraction of sp³-hybridized carbons (Fsp3) is 0.688. The van der Waals surface area contributed by atoms with Crippen molar-refractivity contribution in [3.05, 3.63) is 23.7 Å². The van der Waals surface area contributed by atoms with Crippen molar-refractivity contribution < 1.29 is 9.18 Å². The molecule has 0 aliphatic rings. The third-order valence-corrected chi connectivity index (χ3v) is 3.31. The molecule has 0 aromatic rings. The maximum atomic E-state index is 13.8. The van der Waals surface area contributed by atoms with Gasteiger partial charge in [0.1, 0.15) is 12.1 Å². The van der Waals surface area contributed by atoms with E-state index in [1.54, 1.807) is 4.90 Å². The topological polar surface area (TPSA) is 46.3 Å². The Morgan fingerprint density at radius 2 is 2.05 bits per heavy atom. The van der Waals surface area contributed by atoms with E-state index in [0.29, 0.717) is 12.1 Å². The van der Waals surface area contributed by atoms with E-state index in [-0.39, 0.29) is 11.7 Å². The lowest BCUT2D eigenvalue weighted by Gasteiger charge is -2.14. The SMILES string of the molecule is CCCCC(C)/C(C=O)=C/C(F)=C\N(C)CCCCN. The van der Waals surface area contributed by atoms with Gasteiger partial charge >= 0.3 is 0 Å². The average molecular weight is 284 g/mol. The van der Waals surface area contributed by atoms with Gasteiger partial charge in [0.25, 0.3) is 0 Å². The molecule has 0 aromatic heterocycles. The molecule has 0 saturated heterocycles. The molecular formula is C16H29FN2O. The molecular weight excluding hydrogens is 255 g/mol. The molecule has 0 saturated carbocycles. The first-order valence-electron chi connectivity index (χ1n) is 7.49. The number of rotatable bonds is 11. The molecule has 0 rings (SSSR count). The van der Waals surface area contributed by atoms with E-state index < -0.39 is 0 Å². The van der Waals surface area contributed by atoms with Crippen molar-refractivity contribution in [1.29, 1.82) is 0 Å². The van der Waals surface area contributed by atoms with Crippen molar-refractivity contribution in [2.24, 2.45) is 11.7 Å². The van der Waals surface area contributed by atoms with Crippen molar-refractivity contribution >= 4 is 6.29 Å². The maximum Gasteiger partial charge on any atom is 0.146 e. The smallest absolute Gasteiger partial charge is 0.146 e. The number of unbranched alkanes of at least 4 members (excludes halogenated alkanes) is 2. The lowest BCUT2D eigenvalue weighted by atomic mass is 9.96. The first kappa shape index (κ1) is 18.8. The molecule has 116 valence electrons. The van der Waals surface area contributed by atoms with E-state index in [9.17, 15) is 9.18 Å². The number of hydrogen-bond acceptors (Lipinski definition) is 3. The van der Waals surface area contributed by atoms with E-state index in [1.165, 1.54) is 12.3 Å². The van der Waals surface area contributed by atoms with Crippen LogP contribution in [-0.4, -0.2) is 31.3 Å². The molecule has 1 atom stereocenters. The lowest BCUT2D eigenvalue weighted by Crippen LogP contribution is -2.14. The van der Waals surface area contributed by atoms with Crippen LogP contribution in [0.1, 0.15) is 46.0 Å². The van der Waals surface area contributed by atoms with Crippen LogP contribution in [0.3, 0.4) is 0 Å². The molecule has 0 spiro atoms. The van der Waals surface area contributed by atoms with Crippen LogP contribution in [0.4, 0.5) is 4.39 Å². The summed E-state index contributed by atoms with van der Waals surface area (Å²) in [7, 11) is 1.82. The standard InChI is InChI=1S/C16H29FN2O/c1-4-5-8-14(2)15(13-20)11-16(17)12-19(3)10-7-6-9-18/h11-14H,4-10,18H2,1-3H3/b15-11+,16-12+. The predicted molar refractivity (Wildman–Crippen MR) is 82.9 cm³/mol. The van der Waals surface area contributed by atoms with Crippen molar-refractivity contribution in [2.45, 2.75) is 46.0 Å². The summed E-state index contributed by atoms with van der Waals surface area (Å²) < 4.78 is 13.8. The number of aldehydes is 1. The number of nitrogens with zero attached hydrogens (tertiary/aromatic N) is 1. The minimum atomic E-state index is -0.370. The minimum Gasteiger partial charge on any atom is -0.378 e. The number of hydrogen-bond donors (Lipinski definition) is 1. The molecule has 20 heavy (non-hydrogen) atoms. The van der Waals surface area contributed by atoms with Gasteiger partial charge in [-0.1, -0.05) is 26.7 Å². The first-order valence-corrected chi connectivity index (χ1v) is 7.49. The van der Waals surface area contributed by atoms with Gasteiger partial charge in [-0.15, -0.1) is 0 Å². The Balaban J connectivity index is 4.51. The zero-order valence-corrected chi connectivity index (χ0v) is 13.1. The van der Waals surface area contributed by atoms with Crippen LogP contribution in [0.25, 0.3) is 0 Å². The fourth-order valence-electron chi connectivity index (χ4n) is 1.95. The number of allylic oxidation sites excluding steroid dienone is 3. The van der Waals surface area contributed by atoms with Crippen molar-refractivity contribution in [1.82, 2.24) is 4.90 Å². The summed E-state index contributed by atoms with van der Waals surface area (Å²) >= 11 is 0. The second-order valence-corrected chi connectivity index (χ2v) is 5.30. The Kier molecular flexibility index (Phi) is 11.0. The van der Waals surface area contributed by atoms with Crippen molar-refractivity contribution in [3.63, 3.8) is 0 Å². The molecule has 0 heterocycles. The highest BCUT2D eigenvalue weighted by atomic mass is 19.1. The molecule has 3 nitrogen and oxygen atoms in total. The first-order chi connectivity index (χ1) is 9.54. The Morgan fingerprint density at radius 3 is 2.60 bits per heavy atom. The molecule has 0 amide bonds. The predicted octanol–water partition coefficient (Wildman–Crippen LogP) is 3.42. The lowest BCUT2D eigenvalue weighted by molar-refractivity contribution is -0.105. The molecule has 0 aliphatic carbocycles. The second kappa shape index (κ2) is 11.6. The molecule has 4 heteroatoms. The quantitative estimate of drug-likeness (QED) is 0.274. The number of halogens is 1. The largest absolute Gasteiger partial charge is 0.378 e. The normalized spacial score (nSPS) is 14.2. The summed E-state index contributed by atoms with van der Waals surface area (Å²) in [6, 6.07) is 0. The van der Waals surface area contributed by atoms with Gasteiger partial charge in [-0.2, -0.15) is 0 Å². The minimum absolute atomic E-state index is 0.106. The van der Waals surface area contributed by atoms with Crippen LogP contribution >= 0.6 is 0 Å². The van der Waals surface area contributed by atoms with Crippen molar-refractivity contribution in [2.75, 3.05) is 20.1 Å². The molecule has 2 N–H and O–H groups in total. The Bertz CT molecular complexity index is 326. The van der Waals surface area contributed by atoms with Gasteiger partial charge in [-0.25, -0.2) is 4.39 Å². The van der Waals surface area contributed by atoms with Crippen LogP contribution in [0.15, 0.2) is 23.7 Å². The zero-order valence-electron chi connectivity index (χ0n) is 13.1. The Labute approximate surface area is 122 Å². The van der Waals surface area contributed by atoms with E-state index in [0.717, 1.165) is 44.9 Å². The van der Waals surface area contributed by atoms with Crippen molar-refractivity contribution in [3.8, 4) is 0 Å². The van der Waals surface area contributed by atoms with Crippen LogP contribution in [0, 0.1) is 5.92 Å². The zero-order chi connectivity index (χ0) is 15.4. The summed E-state index contributed by atoms with van der Waals surface area (Å²) in [5.41, 5.74) is 5.95. The van der Waals surface area contributed by atoms with Crippen LogP contribution in [0.2, 0.25) is 0 Å². The number of carbonyl (C=O) groups is 1. The van der Waals surface area contributed by atoms with E-state index in [2.05, 4.69) is 6.92 Å². The van der Waals surface area contributed by atoms with Crippen LogP contribution in [-0.2, 0) is 4.79 Å². The van der Waals surface area contributed by atoms with Gasteiger partial charge in [0.05, 0.1) is 0 Å². The molecule has 0 fully saturated rings. The maximum absolute atomic E-state index is 13.8. The average Bonchev–Trinajstić information content (AvgIpc) is 2.42. The summed E-state index contributed by atoms with van der Waals surface area (Å²) in [6.07, 6.45) is 8.48. The highest BCUT2D eigenvalue weighted by Crippen LogP contribution is 2.18. The molecule has 0 aliphatic heterocycles. The van der Waals surface area contributed by atoms with E-state index >= 15 is 0 Å². The monoisotopic (exact) mass is 284 g/mol. The van der Waals surface area contributed by atoms with Gasteiger partial charge in [0.2, 0.25) is 0 Å². The van der Waals surface area contributed by atoms with Crippen LogP contribution in [0.5, 0.6) is 0 Å². The molecule has 1 unspecified atom stereocenters. The van der Waals surface area contributed by atoms with E-state index in [1.807, 2.05) is 14.0 Å².